The number of fused-ring (bicyclic) bond motifs is 2. The van der Waals surface area contributed by atoms with Crippen LogP contribution in [0.2, 0.25) is 0 Å². The predicted octanol–water partition coefficient (Wildman–Crippen LogP) is 4.33. The standard InChI is InChI=1S/C16H20.Hf/c1-11(2)8-14-6-7-15-9-12-4-3-5-13(12)10-16(14)15;/h6-7,9-11,14H,3-5,8H2,1-2H3;. The second-order valence-electron chi connectivity index (χ2n) is 5.70. The van der Waals surface area contributed by atoms with E-state index in [4.69, 9.17) is 0 Å². The fourth-order valence-corrected chi connectivity index (χ4v) is 3.16. The van der Waals surface area contributed by atoms with Crippen molar-refractivity contribution in [3.05, 3.63) is 40.5 Å². The van der Waals surface area contributed by atoms with E-state index >= 15 is 0 Å². The Kier molecular flexibility index (Phi) is 4.07. The molecule has 0 bridgehead atoms. The van der Waals surface area contributed by atoms with Gasteiger partial charge in [-0.05, 0) is 53.9 Å². The molecule has 0 saturated carbocycles. The van der Waals surface area contributed by atoms with E-state index in [2.05, 4.69) is 38.1 Å². The topological polar surface area (TPSA) is 0 Å². The van der Waals surface area contributed by atoms with Gasteiger partial charge in [0.15, 0.2) is 0 Å². The van der Waals surface area contributed by atoms with E-state index < -0.39 is 0 Å². The summed E-state index contributed by atoms with van der Waals surface area (Å²) in [6.07, 6.45) is 9.99. The number of allylic oxidation sites excluding steroid dienone is 1. The average molecular weight is 391 g/mol. The largest absolute Gasteiger partial charge is 0.0764 e. The summed E-state index contributed by atoms with van der Waals surface area (Å²) in [6.45, 7) is 4.64. The molecule has 0 N–H and O–H groups in total. The van der Waals surface area contributed by atoms with Crippen LogP contribution in [0.3, 0.4) is 0 Å². The summed E-state index contributed by atoms with van der Waals surface area (Å²) >= 11 is 0. The van der Waals surface area contributed by atoms with Gasteiger partial charge in [-0.25, -0.2) is 0 Å². The van der Waals surface area contributed by atoms with E-state index in [0.29, 0.717) is 5.92 Å². The maximum Gasteiger partial charge on any atom is 0.00297 e. The van der Waals surface area contributed by atoms with E-state index in [9.17, 15) is 0 Å². The average Bonchev–Trinajstić information content (AvgIpc) is 2.81. The van der Waals surface area contributed by atoms with E-state index in [1.54, 1.807) is 16.7 Å². The quantitative estimate of drug-likeness (QED) is 0.659. The molecule has 1 aromatic carbocycles. The van der Waals surface area contributed by atoms with Gasteiger partial charge in [0.25, 0.3) is 0 Å². The fourth-order valence-electron chi connectivity index (χ4n) is 3.16. The van der Waals surface area contributed by atoms with Gasteiger partial charge < -0.3 is 0 Å². The van der Waals surface area contributed by atoms with Crippen LogP contribution in [0.5, 0.6) is 0 Å². The molecule has 2 aliphatic carbocycles. The number of rotatable bonds is 2. The number of hydrogen-bond donors (Lipinski definition) is 0. The fraction of sp³-hybridized carbons (Fsp3) is 0.500. The maximum absolute atomic E-state index is 2.49. The molecular formula is C16H20Hf. The molecule has 17 heavy (non-hydrogen) atoms. The third-order valence-electron chi connectivity index (χ3n) is 3.93. The minimum absolute atomic E-state index is 0. The predicted molar refractivity (Wildman–Crippen MR) is 69.7 cm³/mol. The Bertz CT molecular complexity index is 443. The minimum Gasteiger partial charge on any atom is -0.0764 e. The van der Waals surface area contributed by atoms with Gasteiger partial charge in [0.05, 0.1) is 0 Å². The SMILES string of the molecule is CC(C)CC1C=Cc2cc3c(cc21)CCC3.[Hf]. The van der Waals surface area contributed by atoms with E-state index in [0.717, 1.165) is 5.92 Å². The molecule has 0 nitrogen and oxygen atoms in total. The van der Waals surface area contributed by atoms with Gasteiger partial charge in [0.2, 0.25) is 0 Å². The first-order chi connectivity index (χ1) is 7.74. The molecule has 0 aromatic heterocycles. The second-order valence-corrected chi connectivity index (χ2v) is 5.70. The van der Waals surface area contributed by atoms with Crippen LogP contribution >= 0.6 is 0 Å². The third kappa shape index (κ3) is 2.50. The van der Waals surface area contributed by atoms with Crippen LogP contribution in [0, 0.1) is 5.92 Å². The molecular weight excluding hydrogens is 371 g/mol. The Morgan fingerprint density at radius 3 is 2.59 bits per heavy atom. The van der Waals surface area contributed by atoms with Crippen LogP contribution in [0.1, 0.15) is 54.9 Å². The Balaban J connectivity index is 0.00000108. The van der Waals surface area contributed by atoms with Crippen molar-refractivity contribution in [1.82, 2.24) is 0 Å². The van der Waals surface area contributed by atoms with Crippen molar-refractivity contribution < 1.29 is 25.8 Å². The van der Waals surface area contributed by atoms with Crippen molar-refractivity contribution in [3.8, 4) is 0 Å². The number of hydrogen-bond acceptors (Lipinski definition) is 0. The summed E-state index contributed by atoms with van der Waals surface area (Å²) in [6, 6.07) is 4.93. The minimum atomic E-state index is 0. The molecule has 1 aromatic rings. The smallest absolute Gasteiger partial charge is 0.00297 e. The van der Waals surface area contributed by atoms with Gasteiger partial charge in [-0.3, -0.25) is 0 Å². The molecule has 0 aliphatic heterocycles. The summed E-state index contributed by atoms with van der Waals surface area (Å²) in [5.74, 6) is 1.47. The van der Waals surface area contributed by atoms with Crippen LogP contribution in [0.4, 0.5) is 0 Å². The van der Waals surface area contributed by atoms with Gasteiger partial charge in [0.1, 0.15) is 0 Å². The molecule has 0 radical (unpaired) electrons. The van der Waals surface area contributed by atoms with Crippen molar-refractivity contribution in [3.63, 3.8) is 0 Å². The van der Waals surface area contributed by atoms with Crippen LogP contribution < -0.4 is 0 Å². The molecule has 0 spiro atoms. The maximum atomic E-state index is 2.49. The number of aryl methyl sites for hydroxylation is 2. The molecule has 2 aliphatic rings. The zero-order chi connectivity index (χ0) is 11.1. The molecule has 0 heterocycles. The van der Waals surface area contributed by atoms with Gasteiger partial charge in [-0.1, -0.05) is 38.1 Å². The van der Waals surface area contributed by atoms with E-state index in [-0.39, 0.29) is 25.8 Å². The molecule has 0 amide bonds. The summed E-state index contributed by atoms with van der Waals surface area (Å²) in [5, 5.41) is 0. The van der Waals surface area contributed by atoms with E-state index in [1.165, 1.54) is 31.2 Å². The van der Waals surface area contributed by atoms with Gasteiger partial charge in [-0.15, -0.1) is 0 Å². The molecule has 1 heteroatoms. The van der Waals surface area contributed by atoms with Gasteiger partial charge in [0, 0.05) is 31.8 Å². The Labute approximate surface area is 123 Å². The van der Waals surface area contributed by atoms with Crippen molar-refractivity contribution >= 4 is 6.08 Å². The van der Waals surface area contributed by atoms with Crippen LogP contribution in [-0.4, -0.2) is 0 Å². The molecule has 1 unspecified atom stereocenters. The van der Waals surface area contributed by atoms with Crippen LogP contribution in [0.25, 0.3) is 6.08 Å². The number of benzene rings is 1. The van der Waals surface area contributed by atoms with Crippen molar-refractivity contribution in [2.45, 2.75) is 45.4 Å². The second kappa shape index (κ2) is 5.22. The first kappa shape index (κ1) is 13.3. The molecule has 0 fully saturated rings. The Morgan fingerprint density at radius 2 is 1.88 bits per heavy atom. The first-order valence-electron chi connectivity index (χ1n) is 6.58. The third-order valence-corrected chi connectivity index (χ3v) is 3.93. The van der Waals surface area contributed by atoms with E-state index in [1.807, 2.05) is 0 Å². The molecule has 88 valence electrons. The summed E-state index contributed by atoms with van der Waals surface area (Å²) in [5.41, 5.74) is 6.31. The molecule has 0 saturated heterocycles. The molecule has 1 atom stereocenters. The summed E-state index contributed by atoms with van der Waals surface area (Å²) < 4.78 is 0. The monoisotopic (exact) mass is 392 g/mol. The van der Waals surface area contributed by atoms with Crippen LogP contribution in [-0.2, 0) is 38.7 Å². The molecule has 3 rings (SSSR count). The normalized spacial score (nSPS) is 20.3. The summed E-state index contributed by atoms with van der Waals surface area (Å²) in [4.78, 5) is 0. The zero-order valence-electron chi connectivity index (χ0n) is 10.8. The Morgan fingerprint density at radius 1 is 1.18 bits per heavy atom. The van der Waals surface area contributed by atoms with Gasteiger partial charge in [-0.2, -0.15) is 0 Å². The Hall–Kier alpha value is -0.170. The van der Waals surface area contributed by atoms with Crippen molar-refractivity contribution in [2.75, 3.05) is 0 Å². The van der Waals surface area contributed by atoms with Crippen molar-refractivity contribution in [2.24, 2.45) is 5.92 Å². The zero-order valence-corrected chi connectivity index (χ0v) is 14.4. The summed E-state index contributed by atoms with van der Waals surface area (Å²) in [7, 11) is 0. The van der Waals surface area contributed by atoms with Gasteiger partial charge >= 0.3 is 0 Å². The van der Waals surface area contributed by atoms with Crippen molar-refractivity contribution in [1.29, 1.82) is 0 Å². The van der Waals surface area contributed by atoms with Crippen LogP contribution in [0.15, 0.2) is 18.2 Å². The first-order valence-corrected chi connectivity index (χ1v) is 6.58.